The highest BCUT2D eigenvalue weighted by molar-refractivity contribution is 6.13. The Labute approximate surface area is 399 Å². The fourth-order valence-corrected chi connectivity index (χ4v) is 9.12. The van der Waals surface area contributed by atoms with Gasteiger partial charge in [0.15, 0.2) is 5.60 Å². The minimum atomic E-state index is -2.05. The highest BCUT2D eigenvalue weighted by Gasteiger charge is 2.46. The lowest BCUT2D eigenvalue weighted by Crippen LogP contribution is -2.55. The van der Waals surface area contributed by atoms with Crippen molar-refractivity contribution >= 4 is 64.1 Å². The van der Waals surface area contributed by atoms with Gasteiger partial charge in [-0.1, -0.05) is 19.1 Å². The third kappa shape index (κ3) is 8.99. The number of hydrogen-bond donors (Lipinski definition) is 6. The predicted molar refractivity (Wildman–Crippen MR) is 247 cm³/mol. The molecule has 0 saturated carbocycles. The fourth-order valence-electron chi connectivity index (χ4n) is 9.12. The molecule has 4 aliphatic rings. The number of fused-ring (bicyclic) bond motifs is 5. The van der Waals surface area contributed by atoms with Gasteiger partial charge in [0.25, 0.3) is 17.4 Å². The second kappa shape index (κ2) is 18.6. The van der Waals surface area contributed by atoms with Crippen LogP contribution in [0.15, 0.2) is 53.3 Å². The van der Waals surface area contributed by atoms with Crippen LogP contribution < -0.4 is 32.1 Å². The molecule has 7 amide bonds. The zero-order valence-electron chi connectivity index (χ0n) is 39.2. The van der Waals surface area contributed by atoms with Gasteiger partial charge in [0.1, 0.15) is 36.7 Å². The Kier molecular flexibility index (Phi) is 12.9. The van der Waals surface area contributed by atoms with Crippen molar-refractivity contribution in [3.8, 4) is 11.4 Å². The van der Waals surface area contributed by atoms with Gasteiger partial charge in [-0.05, 0) is 94.3 Å². The van der Waals surface area contributed by atoms with Gasteiger partial charge in [-0.25, -0.2) is 19.0 Å². The first-order valence-corrected chi connectivity index (χ1v) is 22.7. The lowest BCUT2D eigenvalue weighted by molar-refractivity contribution is -0.172. The molecule has 0 radical (unpaired) electrons. The molecule has 2 aromatic heterocycles. The predicted octanol–water partition coefficient (Wildman–Crippen LogP) is 2.60. The van der Waals surface area contributed by atoms with Crippen molar-refractivity contribution in [2.45, 2.75) is 116 Å². The summed E-state index contributed by atoms with van der Waals surface area (Å²) < 4.78 is 27.6. The zero-order valence-corrected chi connectivity index (χ0v) is 39.2. The zero-order chi connectivity index (χ0) is 50.6. The van der Waals surface area contributed by atoms with E-state index in [1.165, 1.54) is 38.3 Å². The number of alkyl carbamates (subject to hydrolysis) is 1. The molecule has 0 fully saturated rings. The van der Waals surface area contributed by atoms with E-state index in [1.54, 1.807) is 44.2 Å². The summed E-state index contributed by atoms with van der Waals surface area (Å²) in [5.74, 6) is -4.72. The Morgan fingerprint density at radius 3 is 2.34 bits per heavy atom. The van der Waals surface area contributed by atoms with Crippen LogP contribution in [-0.2, 0) is 74.8 Å². The molecule has 0 bridgehead atoms. The van der Waals surface area contributed by atoms with Gasteiger partial charge < -0.3 is 45.7 Å². The van der Waals surface area contributed by atoms with E-state index in [1.807, 2.05) is 0 Å². The van der Waals surface area contributed by atoms with Gasteiger partial charge in [0, 0.05) is 53.4 Å². The molecule has 4 atom stereocenters. The average molecular weight is 963 g/mol. The first-order valence-electron chi connectivity index (χ1n) is 22.7. The molecule has 0 saturated heterocycles. The molecular weight excluding hydrogens is 912 g/mol. The number of aryl methyl sites for hydroxylation is 1. The summed E-state index contributed by atoms with van der Waals surface area (Å²) in [6, 6.07) is 6.50. The second-order valence-corrected chi connectivity index (χ2v) is 18.3. The summed E-state index contributed by atoms with van der Waals surface area (Å²) in [5.41, 5.74) is 0.563. The molecule has 366 valence electrons. The highest BCUT2D eigenvalue weighted by atomic mass is 19.1. The van der Waals surface area contributed by atoms with Crippen molar-refractivity contribution in [2.24, 2.45) is 0 Å². The van der Waals surface area contributed by atoms with Crippen LogP contribution in [0, 0.1) is 12.7 Å². The summed E-state index contributed by atoms with van der Waals surface area (Å²) in [7, 11) is 0. The molecule has 70 heavy (non-hydrogen) atoms. The molecule has 8 rings (SSSR count). The standard InChI is InChI=1S/C49H51FN8O12/c1-7-49(68)31-18-35-41-29(20-58(35)44(64)30(31)22-69-46(49)66)40-33(13-12-28-23(2)32(50)19-34(54-41)39(28)40)55-45(65)48(5,6)56-47(67)70-21-26-8-10-27(11-9-26)53-43(63)25(4)52-42(62)24(3)51-36(59)16-17-57-37(60)14-15-38(57)61/h8-11,14-15,18-19,24-25,33,68H,7,12-13,16-17,20-22H2,1-6H3,(H,51,59)(H,52,62)(H,53,63)(H,55,65)(H,56,67)/t24-,25-,33-,49-/m0/s1. The Bertz CT molecular complexity index is 3020. The van der Waals surface area contributed by atoms with E-state index in [2.05, 4.69) is 26.6 Å². The number of carbonyl (C=O) groups is 8. The Morgan fingerprint density at radius 2 is 1.66 bits per heavy atom. The molecular formula is C49H51FN8O12. The maximum Gasteiger partial charge on any atom is 0.408 e. The van der Waals surface area contributed by atoms with Crippen LogP contribution in [0.2, 0.25) is 0 Å². The number of benzene rings is 2. The number of halogens is 1. The van der Waals surface area contributed by atoms with Crippen LogP contribution in [0.3, 0.4) is 0 Å². The first-order chi connectivity index (χ1) is 33.1. The Hall–Kier alpha value is -7.81. The van der Waals surface area contributed by atoms with E-state index in [4.69, 9.17) is 14.5 Å². The number of cyclic esters (lactones) is 1. The number of anilines is 1. The van der Waals surface area contributed by atoms with Crippen LogP contribution in [-0.4, -0.2) is 91.2 Å². The number of aliphatic hydroxyl groups is 1. The molecule has 20 nitrogen and oxygen atoms in total. The molecule has 4 aromatic rings. The smallest absolute Gasteiger partial charge is 0.408 e. The van der Waals surface area contributed by atoms with Crippen molar-refractivity contribution in [1.82, 2.24) is 35.7 Å². The summed E-state index contributed by atoms with van der Waals surface area (Å²) in [6.07, 6.45) is 1.80. The van der Waals surface area contributed by atoms with Crippen molar-refractivity contribution in [1.29, 1.82) is 0 Å². The average Bonchev–Trinajstić information content (AvgIpc) is 3.85. The van der Waals surface area contributed by atoms with Crippen molar-refractivity contribution in [3.63, 3.8) is 0 Å². The monoisotopic (exact) mass is 962 g/mol. The summed E-state index contributed by atoms with van der Waals surface area (Å²) in [6.45, 7) is 8.54. The summed E-state index contributed by atoms with van der Waals surface area (Å²) >= 11 is 0. The quantitative estimate of drug-likeness (QED) is 0.0691. The number of nitrogens with zero attached hydrogens (tertiary/aromatic N) is 3. The van der Waals surface area contributed by atoms with Gasteiger partial charge in [0.05, 0.1) is 35.1 Å². The van der Waals surface area contributed by atoms with Gasteiger partial charge in [0.2, 0.25) is 23.6 Å². The van der Waals surface area contributed by atoms with Crippen LogP contribution in [0.5, 0.6) is 0 Å². The lowest BCUT2D eigenvalue weighted by atomic mass is 9.81. The largest absolute Gasteiger partial charge is 0.458 e. The number of rotatable bonds is 14. The van der Waals surface area contributed by atoms with E-state index in [0.717, 1.165) is 22.6 Å². The Morgan fingerprint density at radius 1 is 0.971 bits per heavy atom. The molecule has 1 aliphatic carbocycles. The van der Waals surface area contributed by atoms with Crippen molar-refractivity contribution in [2.75, 3.05) is 11.9 Å². The molecule has 6 N–H and O–H groups in total. The van der Waals surface area contributed by atoms with E-state index >= 15 is 4.39 Å². The number of carbonyl (C=O) groups excluding carboxylic acids is 8. The molecule has 21 heteroatoms. The normalized spacial score (nSPS) is 18.5. The van der Waals surface area contributed by atoms with E-state index < -0.39 is 88.1 Å². The van der Waals surface area contributed by atoms with Crippen LogP contribution in [0.4, 0.5) is 14.9 Å². The number of esters is 1. The van der Waals surface area contributed by atoms with Crippen LogP contribution in [0.25, 0.3) is 22.3 Å². The second-order valence-electron chi connectivity index (χ2n) is 18.3. The Balaban J connectivity index is 0.875. The number of aromatic nitrogens is 2. The number of pyridine rings is 2. The molecule has 0 spiro atoms. The number of amides is 7. The van der Waals surface area contributed by atoms with Crippen molar-refractivity contribution < 1.29 is 57.3 Å². The molecule has 0 unspecified atom stereocenters. The molecule has 5 heterocycles. The SMILES string of the molecule is CC[C@@]1(O)C(=O)OCc2c1cc1n(c2=O)Cc2c-1nc1cc(F)c(C)c3c1c2[C@@H](NC(=O)C(C)(C)NC(=O)OCc1ccc(NC(=O)[C@H](C)NC(=O)[C@H](C)NC(=O)CCN2C(=O)C=CC2=O)cc1)CC3. The maximum absolute atomic E-state index is 15.4. The highest BCUT2D eigenvalue weighted by Crippen LogP contribution is 2.46. The van der Waals surface area contributed by atoms with Crippen LogP contribution >= 0.6 is 0 Å². The van der Waals surface area contributed by atoms with Crippen molar-refractivity contribution in [3.05, 3.63) is 104 Å². The number of ether oxygens (including phenoxy) is 2. The van der Waals surface area contributed by atoms with E-state index in [9.17, 15) is 48.3 Å². The maximum atomic E-state index is 15.4. The van der Waals surface area contributed by atoms with E-state index in [0.29, 0.717) is 63.1 Å². The third-order valence-electron chi connectivity index (χ3n) is 13.2. The lowest BCUT2D eigenvalue weighted by Gasteiger charge is -2.33. The molecule has 3 aliphatic heterocycles. The summed E-state index contributed by atoms with van der Waals surface area (Å²) in [4.78, 5) is 121. The topological polar surface area (TPSA) is 274 Å². The van der Waals surface area contributed by atoms with Gasteiger partial charge in [-0.3, -0.25) is 38.5 Å². The van der Waals surface area contributed by atoms with Gasteiger partial charge in [-0.2, -0.15) is 0 Å². The molecule has 2 aromatic carbocycles. The van der Waals surface area contributed by atoms with Gasteiger partial charge in [-0.15, -0.1) is 0 Å². The van der Waals surface area contributed by atoms with Gasteiger partial charge >= 0.3 is 12.1 Å². The minimum absolute atomic E-state index is 0.0467. The van der Waals surface area contributed by atoms with Crippen LogP contribution in [0.1, 0.15) is 98.9 Å². The first kappa shape index (κ1) is 48.6. The number of imide groups is 1. The third-order valence-corrected chi connectivity index (χ3v) is 13.2. The minimum Gasteiger partial charge on any atom is -0.458 e. The summed E-state index contributed by atoms with van der Waals surface area (Å²) in [5, 5.41) is 25.4. The van der Waals surface area contributed by atoms with E-state index in [-0.39, 0.29) is 50.3 Å². The number of hydrogen-bond acceptors (Lipinski definition) is 13. The number of nitrogens with one attached hydrogen (secondary N) is 5. The fraction of sp³-hybridized carbons (Fsp3) is 0.388.